The number of carboxylic acids is 1. The van der Waals surface area contributed by atoms with Crippen molar-refractivity contribution in [3.63, 3.8) is 0 Å². The summed E-state index contributed by atoms with van der Waals surface area (Å²) >= 11 is 0. The van der Waals surface area contributed by atoms with E-state index in [9.17, 15) is 14.7 Å². The summed E-state index contributed by atoms with van der Waals surface area (Å²) in [5.41, 5.74) is 0.326. The number of amides is 1. The summed E-state index contributed by atoms with van der Waals surface area (Å²) in [5.74, 6) is -1.47. The third-order valence-electron chi connectivity index (χ3n) is 3.26. The summed E-state index contributed by atoms with van der Waals surface area (Å²) in [5, 5.41) is 20.8. The minimum Gasteiger partial charge on any atom is -0.507 e. The minimum atomic E-state index is -1.20. The molecule has 0 atom stereocenters. The molecular formula is C17H13N3O5. The number of nitrogens with one attached hydrogen (secondary N) is 1. The summed E-state index contributed by atoms with van der Waals surface area (Å²) < 4.78 is 5.58. The zero-order valence-corrected chi connectivity index (χ0v) is 12.8. The van der Waals surface area contributed by atoms with Gasteiger partial charge in [0, 0.05) is 0 Å². The molecule has 0 spiro atoms. The summed E-state index contributed by atoms with van der Waals surface area (Å²) in [4.78, 5) is 31.1. The lowest BCUT2D eigenvalue weighted by Gasteiger charge is -2.09. The number of aromatic hydroxyl groups is 1. The van der Waals surface area contributed by atoms with Gasteiger partial charge in [-0.3, -0.25) is 9.59 Å². The van der Waals surface area contributed by atoms with Crippen molar-refractivity contribution in [2.45, 2.75) is 0 Å². The molecule has 0 aliphatic carbocycles. The summed E-state index contributed by atoms with van der Waals surface area (Å²) in [6.07, 6.45) is 1.32. The van der Waals surface area contributed by atoms with Crippen molar-refractivity contribution in [3.8, 4) is 17.4 Å². The van der Waals surface area contributed by atoms with Gasteiger partial charge in [-0.25, -0.2) is 9.97 Å². The predicted octanol–water partition coefficient (Wildman–Crippen LogP) is 1.94. The van der Waals surface area contributed by atoms with Crippen LogP contribution in [0.4, 0.5) is 0 Å². The zero-order valence-electron chi connectivity index (χ0n) is 12.8. The average molecular weight is 339 g/mol. The molecule has 1 amide bonds. The molecule has 8 nitrogen and oxygen atoms in total. The molecule has 0 bridgehead atoms. The van der Waals surface area contributed by atoms with Gasteiger partial charge >= 0.3 is 5.97 Å². The van der Waals surface area contributed by atoms with Crippen LogP contribution in [0.1, 0.15) is 10.4 Å². The Hall–Kier alpha value is -3.68. The number of nitrogens with zero attached hydrogens (tertiary/aromatic N) is 2. The minimum absolute atomic E-state index is 0.141. The highest BCUT2D eigenvalue weighted by molar-refractivity contribution is 6.07. The fourth-order valence-corrected chi connectivity index (χ4v) is 2.18. The van der Waals surface area contributed by atoms with E-state index in [2.05, 4.69) is 15.3 Å². The van der Waals surface area contributed by atoms with Crippen LogP contribution in [-0.2, 0) is 4.79 Å². The molecule has 0 unspecified atom stereocenters. The highest BCUT2D eigenvalue weighted by Gasteiger charge is 2.18. The van der Waals surface area contributed by atoms with E-state index in [0.29, 0.717) is 11.3 Å². The van der Waals surface area contributed by atoms with Crippen LogP contribution in [0.25, 0.3) is 11.0 Å². The molecule has 126 valence electrons. The maximum atomic E-state index is 12.1. The number of carboxylic acid groups (broad SMARTS) is 1. The second-order valence-electron chi connectivity index (χ2n) is 5.03. The Balaban J connectivity index is 1.95. The Bertz CT molecular complexity index is 944. The number of aromatic nitrogens is 2. The first-order chi connectivity index (χ1) is 12.0. The number of benzene rings is 2. The van der Waals surface area contributed by atoms with Crippen LogP contribution in [0.15, 0.2) is 48.7 Å². The molecule has 2 aromatic carbocycles. The van der Waals surface area contributed by atoms with Crippen LogP contribution in [-0.4, -0.2) is 38.6 Å². The quantitative estimate of drug-likeness (QED) is 0.649. The lowest BCUT2D eigenvalue weighted by molar-refractivity contribution is -0.135. The highest BCUT2D eigenvalue weighted by atomic mass is 16.5. The fraction of sp³-hybridized carbons (Fsp3) is 0.0588. The maximum Gasteiger partial charge on any atom is 0.322 e. The lowest BCUT2D eigenvalue weighted by Crippen LogP contribution is -2.29. The largest absolute Gasteiger partial charge is 0.507 e. The summed E-state index contributed by atoms with van der Waals surface area (Å²) in [7, 11) is 0. The van der Waals surface area contributed by atoms with E-state index in [0.717, 1.165) is 0 Å². The number of carbonyl (C=O) groups is 2. The van der Waals surface area contributed by atoms with Gasteiger partial charge < -0.3 is 20.3 Å². The van der Waals surface area contributed by atoms with Gasteiger partial charge in [0.25, 0.3) is 5.91 Å². The van der Waals surface area contributed by atoms with E-state index in [-0.39, 0.29) is 22.7 Å². The number of hydrogen-bond acceptors (Lipinski definition) is 6. The first kappa shape index (κ1) is 16.2. The zero-order chi connectivity index (χ0) is 17.8. The normalized spacial score (nSPS) is 10.4. The molecule has 0 fully saturated rings. The average Bonchev–Trinajstić information content (AvgIpc) is 2.60. The number of fused-ring (bicyclic) bond motifs is 1. The van der Waals surface area contributed by atoms with Crippen LogP contribution in [0.5, 0.6) is 17.4 Å². The van der Waals surface area contributed by atoms with Gasteiger partial charge in [-0.05, 0) is 24.3 Å². The first-order valence-electron chi connectivity index (χ1n) is 7.26. The van der Waals surface area contributed by atoms with E-state index < -0.39 is 18.4 Å². The van der Waals surface area contributed by atoms with Crippen LogP contribution in [0.3, 0.4) is 0 Å². The van der Waals surface area contributed by atoms with Crippen LogP contribution >= 0.6 is 0 Å². The predicted molar refractivity (Wildman–Crippen MR) is 87.7 cm³/mol. The van der Waals surface area contributed by atoms with E-state index >= 15 is 0 Å². The highest BCUT2D eigenvalue weighted by Crippen LogP contribution is 2.27. The molecule has 0 saturated heterocycles. The van der Waals surface area contributed by atoms with Gasteiger partial charge in [0.1, 0.15) is 29.1 Å². The lowest BCUT2D eigenvalue weighted by atomic mass is 10.1. The molecule has 0 saturated carbocycles. The second kappa shape index (κ2) is 6.83. The number of phenols is 1. The van der Waals surface area contributed by atoms with Gasteiger partial charge in [0.05, 0.1) is 11.7 Å². The third kappa shape index (κ3) is 3.63. The summed E-state index contributed by atoms with van der Waals surface area (Å²) in [6.45, 7) is -0.572. The van der Waals surface area contributed by atoms with Gasteiger partial charge in [0.2, 0.25) is 5.88 Å². The van der Waals surface area contributed by atoms with E-state index in [1.165, 1.54) is 18.3 Å². The van der Waals surface area contributed by atoms with Crippen LogP contribution < -0.4 is 10.1 Å². The number of ether oxygens (including phenoxy) is 1. The van der Waals surface area contributed by atoms with E-state index in [1.54, 1.807) is 12.1 Å². The van der Waals surface area contributed by atoms with Gasteiger partial charge in [-0.1, -0.05) is 18.2 Å². The molecule has 0 radical (unpaired) electrons. The smallest absolute Gasteiger partial charge is 0.322 e. The van der Waals surface area contributed by atoms with Crippen molar-refractivity contribution in [1.82, 2.24) is 15.3 Å². The number of hydrogen-bond donors (Lipinski definition) is 3. The van der Waals surface area contributed by atoms with Gasteiger partial charge in [-0.15, -0.1) is 0 Å². The Kier molecular flexibility index (Phi) is 4.42. The molecule has 1 heterocycles. The van der Waals surface area contributed by atoms with Crippen molar-refractivity contribution in [2.24, 2.45) is 0 Å². The van der Waals surface area contributed by atoms with E-state index in [1.807, 2.05) is 18.2 Å². The van der Waals surface area contributed by atoms with Gasteiger partial charge in [0.15, 0.2) is 0 Å². The molecular weight excluding hydrogens is 326 g/mol. The third-order valence-corrected chi connectivity index (χ3v) is 3.26. The van der Waals surface area contributed by atoms with Crippen LogP contribution in [0.2, 0.25) is 0 Å². The second-order valence-corrected chi connectivity index (χ2v) is 5.03. The first-order valence-corrected chi connectivity index (χ1v) is 7.26. The van der Waals surface area contributed by atoms with Crippen molar-refractivity contribution in [2.75, 3.05) is 6.54 Å². The molecule has 25 heavy (non-hydrogen) atoms. The van der Waals surface area contributed by atoms with Crippen molar-refractivity contribution in [3.05, 3.63) is 54.2 Å². The van der Waals surface area contributed by atoms with E-state index in [4.69, 9.17) is 9.84 Å². The fourth-order valence-electron chi connectivity index (χ4n) is 2.18. The number of rotatable bonds is 5. The molecule has 3 rings (SSSR count). The standard InChI is InChI=1S/C17H13N3O5/c21-12-7-6-11-16(15(12)17(24)19-9-14(22)23)18-8-13(20-11)25-10-4-2-1-3-5-10/h1-8,21H,9H2,(H,19,24)(H,22,23). The number of para-hydroxylation sites is 1. The summed E-state index contributed by atoms with van der Waals surface area (Å²) in [6, 6.07) is 11.8. The van der Waals surface area contributed by atoms with Crippen molar-refractivity contribution in [1.29, 1.82) is 0 Å². The van der Waals surface area contributed by atoms with Crippen molar-refractivity contribution < 1.29 is 24.5 Å². The Labute approximate surface area is 141 Å². The van der Waals surface area contributed by atoms with Gasteiger partial charge in [-0.2, -0.15) is 0 Å². The molecule has 0 aliphatic heterocycles. The Morgan fingerprint density at radius 2 is 1.88 bits per heavy atom. The SMILES string of the molecule is O=C(O)CNC(=O)c1c(O)ccc2nc(Oc3ccccc3)cnc12. The topological polar surface area (TPSA) is 122 Å². The Morgan fingerprint density at radius 1 is 1.12 bits per heavy atom. The van der Waals surface area contributed by atoms with Crippen molar-refractivity contribution >= 4 is 22.9 Å². The molecule has 0 aliphatic rings. The molecule has 1 aromatic heterocycles. The Morgan fingerprint density at radius 3 is 2.60 bits per heavy atom. The molecule has 3 aromatic rings. The number of aliphatic carboxylic acids is 1. The number of carbonyl (C=O) groups excluding carboxylic acids is 1. The van der Waals surface area contributed by atoms with Crippen LogP contribution in [0, 0.1) is 0 Å². The molecule has 8 heteroatoms. The monoisotopic (exact) mass is 339 g/mol. The number of phenolic OH excluding ortho intramolecular Hbond substituents is 1. The maximum absolute atomic E-state index is 12.1. The molecule has 3 N–H and O–H groups in total.